The topological polar surface area (TPSA) is 29.5 Å². The number of nitrogens with zero attached hydrogens (tertiary/aromatic N) is 1. The molecule has 4 bridgehead atoms. The van der Waals surface area contributed by atoms with Gasteiger partial charge >= 0.3 is 0 Å². The third kappa shape index (κ3) is 4.41. The van der Waals surface area contributed by atoms with E-state index in [-0.39, 0.29) is 0 Å². The number of fused-ring (bicyclic) bond motifs is 6. The van der Waals surface area contributed by atoms with Crippen molar-refractivity contribution in [3.8, 4) is 11.1 Å². The monoisotopic (exact) mass is 635 g/mol. The molecule has 4 aliphatic carbocycles. The number of furan rings is 2. The number of anilines is 3. The lowest BCUT2D eigenvalue weighted by Gasteiger charge is -2.54. The van der Waals surface area contributed by atoms with Crippen LogP contribution in [0.25, 0.3) is 55.0 Å². The summed E-state index contributed by atoms with van der Waals surface area (Å²) in [6, 6.07) is 48.3. The molecule has 0 unspecified atom stereocenters. The van der Waals surface area contributed by atoms with Gasteiger partial charge in [0.25, 0.3) is 0 Å². The molecule has 0 radical (unpaired) electrons. The summed E-state index contributed by atoms with van der Waals surface area (Å²) in [6.45, 7) is 0. The minimum absolute atomic E-state index is 0.740. The van der Waals surface area contributed by atoms with Crippen LogP contribution in [-0.2, 0) is 0 Å². The van der Waals surface area contributed by atoms with Gasteiger partial charge < -0.3 is 13.7 Å². The van der Waals surface area contributed by atoms with E-state index in [1.54, 1.807) is 5.56 Å². The van der Waals surface area contributed by atoms with E-state index < -0.39 is 0 Å². The Bertz CT molecular complexity index is 2390. The largest absolute Gasteiger partial charge is 0.456 e. The first-order chi connectivity index (χ1) is 24.2. The quantitative estimate of drug-likeness (QED) is 0.188. The first-order valence-electron chi connectivity index (χ1n) is 18.0. The summed E-state index contributed by atoms with van der Waals surface area (Å²) in [6.07, 6.45) is 7.30. The van der Waals surface area contributed by atoms with Crippen molar-refractivity contribution in [1.82, 2.24) is 0 Å². The number of para-hydroxylation sites is 2. The van der Waals surface area contributed by atoms with Gasteiger partial charge in [-0.25, -0.2) is 0 Å². The molecule has 238 valence electrons. The van der Waals surface area contributed by atoms with Crippen LogP contribution in [0.5, 0.6) is 0 Å². The zero-order chi connectivity index (χ0) is 32.1. The zero-order valence-corrected chi connectivity index (χ0v) is 27.4. The molecule has 0 aliphatic heterocycles. The molecule has 2 heterocycles. The van der Waals surface area contributed by atoms with Gasteiger partial charge in [0.05, 0.1) is 0 Å². The van der Waals surface area contributed by atoms with Crippen LogP contribution in [-0.4, -0.2) is 0 Å². The van der Waals surface area contributed by atoms with Crippen LogP contribution >= 0.6 is 0 Å². The third-order valence-corrected chi connectivity index (χ3v) is 12.2. The standard InChI is InChI=1S/C46H37NO2/c1-3-10-42-38(8-1)40-18-16-36(26-44(40)48-42)47(37-17-19-41-39-9-2-4-11-43(39)49-45(41)27-37)35-14-12-30(13-15-35)31-6-5-7-32(25-31)46-33-21-28-20-29(23-33)24-34(46)22-28/h1-19,25-29,33-34,46H,20-24H2. The van der Waals surface area contributed by atoms with Gasteiger partial charge in [-0.1, -0.05) is 72.8 Å². The van der Waals surface area contributed by atoms with Crippen LogP contribution in [0.4, 0.5) is 17.1 Å². The van der Waals surface area contributed by atoms with E-state index in [0.717, 1.165) is 90.5 Å². The first kappa shape index (κ1) is 27.6. The molecular weight excluding hydrogens is 599 g/mol. The van der Waals surface area contributed by atoms with E-state index in [2.05, 4.69) is 114 Å². The lowest BCUT2D eigenvalue weighted by Crippen LogP contribution is -2.43. The summed E-state index contributed by atoms with van der Waals surface area (Å²) < 4.78 is 12.7. The highest BCUT2D eigenvalue weighted by molar-refractivity contribution is 6.07. The predicted octanol–water partition coefficient (Wildman–Crippen LogP) is 13.2. The van der Waals surface area contributed by atoms with Crippen LogP contribution < -0.4 is 4.90 Å². The van der Waals surface area contributed by atoms with E-state index >= 15 is 0 Å². The van der Waals surface area contributed by atoms with Gasteiger partial charge in [-0.15, -0.1) is 0 Å². The van der Waals surface area contributed by atoms with E-state index in [9.17, 15) is 0 Å². The summed E-state index contributed by atoms with van der Waals surface area (Å²) in [5.74, 6) is 4.50. The van der Waals surface area contributed by atoms with Crippen molar-refractivity contribution in [3.05, 3.63) is 139 Å². The maximum Gasteiger partial charge on any atom is 0.137 e. The molecule has 4 saturated carbocycles. The summed E-state index contributed by atoms with van der Waals surface area (Å²) in [7, 11) is 0. The van der Waals surface area contributed by atoms with Crippen molar-refractivity contribution in [3.63, 3.8) is 0 Å². The third-order valence-electron chi connectivity index (χ3n) is 12.2. The molecule has 2 aromatic heterocycles. The van der Waals surface area contributed by atoms with E-state index in [1.165, 1.54) is 43.2 Å². The Labute approximate surface area is 285 Å². The molecule has 6 aromatic carbocycles. The van der Waals surface area contributed by atoms with Crippen LogP contribution in [0.1, 0.15) is 43.6 Å². The van der Waals surface area contributed by atoms with E-state index in [1.807, 2.05) is 24.3 Å². The summed E-state index contributed by atoms with van der Waals surface area (Å²) in [5.41, 5.74) is 10.9. The molecule has 12 rings (SSSR count). The van der Waals surface area contributed by atoms with Gasteiger partial charge in [-0.05, 0) is 127 Å². The first-order valence-corrected chi connectivity index (χ1v) is 18.0. The molecule has 0 N–H and O–H groups in total. The molecule has 0 atom stereocenters. The van der Waals surface area contributed by atoms with Gasteiger partial charge in [0, 0.05) is 50.7 Å². The van der Waals surface area contributed by atoms with Crippen LogP contribution in [0.15, 0.2) is 142 Å². The lowest BCUT2D eigenvalue weighted by atomic mass is 9.50. The second-order valence-corrected chi connectivity index (χ2v) is 15.0. The molecule has 4 fully saturated rings. The number of hydrogen-bond donors (Lipinski definition) is 0. The molecular formula is C46H37NO2. The normalized spacial score (nSPS) is 22.9. The van der Waals surface area contributed by atoms with Crippen molar-refractivity contribution in [2.24, 2.45) is 23.7 Å². The Morgan fingerprint density at radius 1 is 0.408 bits per heavy atom. The van der Waals surface area contributed by atoms with Crippen molar-refractivity contribution in [2.75, 3.05) is 4.90 Å². The molecule has 0 amide bonds. The van der Waals surface area contributed by atoms with Crippen molar-refractivity contribution in [2.45, 2.75) is 38.0 Å². The maximum atomic E-state index is 6.35. The Hall–Kier alpha value is -5.28. The van der Waals surface area contributed by atoms with Gasteiger partial charge in [0.1, 0.15) is 22.3 Å². The Morgan fingerprint density at radius 3 is 1.53 bits per heavy atom. The zero-order valence-electron chi connectivity index (χ0n) is 27.4. The molecule has 0 saturated heterocycles. The Balaban J connectivity index is 0.995. The molecule has 0 spiro atoms. The van der Waals surface area contributed by atoms with Gasteiger partial charge in [-0.3, -0.25) is 0 Å². The van der Waals surface area contributed by atoms with Gasteiger partial charge in [0.2, 0.25) is 0 Å². The van der Waals surface area contributed by atoms with Crippen LogP contribution in [0.2, 0.25) is 0 Å². The summed E-state index contributed by atoms with van der Waals surface area (Å²) in [5, 5.41) is 4.53. The average Bonchev–Trinajstić information content (AvgIpc) is 3.69. The fourth-order valence-electron chi connectivity index (χ4n) is 10.4. The lowest BCUT2D eigenvalue weighted by molar-refractivity contribution is -0.00276. The van der Waals surface area contributed by atoms with Crippen LogP contribution in [0, 0.1) is 23.7 Å². The van der Waals surface area contributed by atoms with Crippen molar-refractivity contribution >= 4 is 60.9 Å². The van der Waals surface area contributed by atoms with E-state index in [0.29, 0.717) is 0 Å². The number of rotatable bonds is 5. The SMILES string of the molecule is c1cc(-c2ccc(N(c3ccc4c(c3)oc3ccccc34)c3ccc4c(c3)oc3ccccc34)cc2)cc(C2C3CC4CC(C3)CC2C4)c1. The van der Waals surface area contributed by atoms with Gasteiger partial charge in [-0.2, -0.15) is 0 Å². The maximum absolute atomic E-state index is 6.35. The molecule has 49 heavy (non-hydrogen) atoms. The number of hydrogen-bond acceptors (Lipinski definition) is 3. The Morgan fingerprint density at radius 2 is 0.939 bits per heavy atom. The molecule has 4 aliphatic rings. The van der Waals surface area contributed by atoms with E-state index in [4.69, 9.17) is 8.83 Å². The highest BCUT2D eigenvalue weighted by Crippen LogP contribution is 2.60. The Kier molecular flexibility index (Phi) is 5.99. The molecule has 3 nitrogen and oxygen atoms in total. The summed E-state index contributed by atoms with van der Waals surface area (Å²) >= 11 is 0. The second-order valence-electron chi connectivity index (χ2n) is 15.0. The fourth-order valence-corrected chi connectivity index (χ4v) is 10.4. The predicted molar refractivity (Wildman–Crippen MR) is 201 cm³/mol. The highest BCUT2D eigenvalue weighted by Gasteiger charge is 2.48. The minimum Gasteiger partial charge on any atom is -0.456 e. The number of benzene rings is 6. The average molecular weight is 636 g/mol. The minimum atomic E-state index is 0.740. The van der Waals surface area contributed by atoms with Crippen molar-refractivity contribution < 1.29 is 8.83 Å². The second kappa shape index (κ2) is 10.6. The summed E-state index contributed by atoms with van der Waals surface area (Å²) in [4.78, 5) is 2.31. The van der Waals surface area contributed by atoms with Crippen LogP contribution in [0.3, 0.4) is 0 Å². The smallest absolute Gasteiger partial charge is 0.137 e. The van der Waals surface area contributed by atoms with Gasteiger partial charge in [0.15, 0.2) is 0 Å². The molecule has 3 heteroatoms. The fraction of sp³-hybridized carbons (Fsp3) is 0.217. The molecule has 8 aromatic rings. The highest BCUT2D eigenvalue weighted by atomic mass is 16.3. The van der Waals surface area contributed by atoms with Crippen molar-refractivity contribution in [1.29, 1.82) is 0 Å².